The number of guanidine groups is 1. The van der Waals surface area contributed by atoms with E-state index in [9.17, 15) is 4.79 Å². The van der Waals surface area contributed by atoms with Gasteiger partial charge >= 0.3 is 0 Å². The van der Waals surface area contributed by atoms with Crippen molar-refractivity contribution in [2.24, 2.45) is 4.99 Å². The lowest BCUT2D eigenvalue weighted by atomic mass is 9.68. The Labute approximate surface area is 190 Å². The normalized spacial score (nSPS) is 20.7. The number of rotatable bonds is 6. The van der Waals surface area contributed by atoms with E-state index in [1.165, 1.54) is 5.56 Å². The van der Waals surface area contributed by atoms with E-state index in [0.717, 1.165) is 31.4 Å². The first-order chi connectivity index (χ1) is 15.5. The number of amides is 1. The molecule has 0 heterocycles. The Balaban J connectivity index is 1.74. The minimum atomic E-state index is -0.131. The fourth-order valence-corrected chi connectivity index (χ4v) is 4.48. The summed E-state index contributed by atoms with van der Waals surface area (Å²) in [6.07, 6.45) is 5.61. The quantitative estimate of drug-likeness (QED) is 0.282. The van der Waals surface area contributed by atoms with Crippen molar-refractivity contribution in [3.63, 3.8) is 0 Å². The molecule has 0 saturated heterocycles. The van der Waals surface area contributed by atoms with Crippen LogP contribution in [0.15, 0.2) is 59.6 Å². The highest BCUT2D eigenvalue weighted by molar-refractivity contribution is 5.99. The van der Waals surface area contributed by atoms with Crippen LogP contribution in [0.25, 0.3) is 0 Å². The Morgan fingerprint density at radius 3 is 2.41 bits per heavy atom. The lowest BCUT2D eigenvalue weighted by molar-refractivity contribution is 0.0935. The third-order valence-corrected chi connectivity index (χ3v) is 6.29. The first-order valence-corrected chi connectivity index (χ1v) is 11.0. The molecule has 0 spiro atoms. The molecule has 0 unspecified atom stereocenters. The molecule has 1 fully saturated rings. The number of nitriles is 1. The van der Waals surface area contributed by atoms with Crippen molar-refractivity contribution in [1.82, 2.24) is 16.0 Å². The van der Waals surface area contributed by atoms with Gasteiger partial charge in [0, 0.05) is 44.8 Å². The highest BCUT2D eigenvalue weighted by Gasteiger charge is 2.37. The maximum atomic E-state index is 13.1. The summed E-state index contributed by atoms with van der Waals surface area (Å²) in [5.74, 6) is 0.446. The third-order valence-electron chi connectivity index (χ3n) is 6.29. The van der Waals surface area contributed by atoms with Gasteiger partial charge in [0.2, 0.25) is 5.96 Å². The van der Waals surface area contributed by atoms with E-state index in [2.05, 4.69) is 45.2 Å². The summed E-state index contributed by atoms with van der Waals surface area (Å²) in [6.45, 7) is 0.579. The number of aliphatic imine (C=N–C) groups is 1. The summed E-state index contributed by atoms with van der Waals surface area (Å²) in [4.78, 5) is 19.2. The van der Waals surface area contributed by atoms with E-state index in [1.54, 1.807) is 7.05 Å². The molecular weight excluding hydrogens is 400 g/mol. The average molecular weight is 433 g/mol. The summed E-state index contributed by atoms with van der Waals surface area (Å²) in [6, 6.07) is 18.4. The molecule has 7 nitrogen and oxygen atoms in total. The van der Waals surface area contributed by atoms with Crippen LogP contribution in [0.4, 0.5) is 5.69 Å². The molecule has 1 saturated carbocycles. The first-order valence-electron chi connectivity index (χ1n) is 11.0. The molecular formula is C25H32N6O. The van der Waals surface area contributed by atoms with Gasteiger partial charge in [-0.15, -0.1) is 0 Å². The molecule has 3 rings (SSSR count). The van der Waals surface area contributed by atoms with Gasteiger partial charge in [0.15, 0.2) is 6.19 Å². The molecule has 32 heavy (non-hydrogen) atoms. The first kappa shape index (κ1) is 23.1. The van der Waals surface area contributed by atoms with Crippen molar-refractivity contribution in [3.8, 4) is 6.19 Å². The minimum absolute atomic E-state index is 0.0523. The van der Waals surface area contributed by atoms with Crippen molar-refractivity contribution in [2.75, 3.05) is 32.6 Å². The lowest BCUT2D eigenvalue weighted by Gasteiger charge is -2.41. The largest absolute Gasteiger partial charge is 0.377 e. The Bertz CT molecular complexity index is 971. The number of hydrogen-bond acceptors (Lipinski definition) is 4. The van der Waals surface area contributed by atoms with Gasteiger partial charge in [-0.05, 0) is 43.4 Å². The van der Waals surface area contributed by atoms with Crippen LogP contribution in [0.2, 0.25) is 0 Å². The fourth-order valence-electron chi connectivity index (χ4n) is 4.48. The molecule has 7 heteroatoms. The molecule has 0 radical (unpaired) electrons. The zero-order valence-electron chi connectivity index (χ0n) is 19.1. The number of para-hydroxylation sites is 1. The van der Waals surface area contributed by atoms with Gasteiger partial charge in [-0.2, -0.15) is 5.26 Å². The summed E-state index contributed by atoms with van der Waals surface area (Å²) in [5.41, 5.74) is 2.71. The van der Waals surface area contributed by atoms with Crippen LogP contribution in [0.3, 0.4) is 0 Å². The van der Waals surface area contributed by atoms with Gasteiger partial charge < -0.3 is 15.5 Å². The van der Waals surface area contributed by atoms with Crippen LogP contribution in [0, 0.1) is 11.5 Å². The number of nitrogens with zero attached hydrogens (tertiary/aromatic N) is 3. The van der Waals surface area contributed by atoms with Crippen LogP contribution in [0.1, 0.15) is 41.6 Å². The Morgan fingerprint density at radius 2 is 1.78 bits per heavy atom. The Kier molecular flexibility index (Phi) is 7.72. The van der Waals surface area contributed by atoms with Gasteiger partial charge in [-0.3, -0.25) is 15.1 Å². The SMILES string of the molecule is CN=C(NC#N)NC1CCC(CNC(=O)c2ccccc2N(C)C)(c2ccccc2)CC1. The van der Waals surface area contributed by atoms with Crippen molar-refractivity contribution in [3.05, 3.63) is 65.7 Å². The number of anilines is 1. The van der Waals surface area contributed by atoms with Crippen LogP contribution in [-0.2, 0) is 5.41 Å². The second-order valence-corrected chi connectivity index (χ2v) is 8.47. The van der Waals surface area contributed by atoms with Gasteiger partial charge in [0.25, 0.3) is 5.91 Å². The summed E-state index contributed by atoms with van der Waals surface area (Å²) >= 11 is 0. The molecule has 168 valence electrons. The van der Waals surface area contributed by atoms with Crippen molar-refractivity contribution < 1.29 is 4.79 Å². The standard InChI is InChI=1S/C25H32N6O/c1-27-24(29-18-26)30-20-13-15-25(16-14-20,19-9-5-4-6-10-19)17-28-23(32)21-11-7-8-12-22(21)31(2)3/h4-12,20H,13-17H2,1-3H3,(H,28,32)(H2,27,29,30). The van der Waals surface area contributed by atoms with Crippen LogP contribution in [0.5, 0.6) is 0 Å². The molecule has 0 atom stereocenters. The molecule has 0 bridgehead atoms. The summed E-state index contributed by atoms with van der Waals surface area (Å²) in [5, 5.41) is 18.0. The lowest BCUT2D eigenvalue weighted by Crippen LogP contribution is -2.49. The number of benzene rings is 2. The molecule has 1 aliphatic carbocycles. The average Bonchev–Trinajstić information content (AvgIpc) is 2.83. The van der Waals surface area contributed by atoms with Gasteiger partial charge in [-0.25, -0.2) is 0 Å². The predicted octanol–water partition coefficient (Wildman–Crippen LogP) is 3.01. The van der Waals surface area contributed by atoms with Crippen molar-refractivity contribution in [2.45, 2.75) is 37.1 Å². The number of carbonyl (C=O) groups excluding carboxylic acids is 1. The van der Waals surface area contributed by atoms with E-state index in [0.29, 0.717) is 18.1 Å². The zero-order chi connectivity index (χ0) is 23.0. The highest BCUT2D eigenvalue weighted by atomic mass is 16.1. The maximum absolute atomic E-state index is 13.1. The highest BCUT2D eigenvalue weighted by Crippen LogP contribution is 2.39. The fraction of sp³-hybridized carbons (Fsp3) is 0.400. The smallest absolute Gasteiger partial charge is 0.253 e. The Morgan fingerprint density at radius 1 is 1.12 bits per heavy atom. The Hall–Kier alpha value is -3.53. The van der Waals surface area contributed by atoms with Crippen LogP contribution < -0.4 is 20.9 Å². The predicted molar refractivity (Wildman–Crippen MR) is 129 cm³/mol. The third kappa shape index (κ3) is 5.38. The van der Waals surface area contributed by atoms with E-state index in [1.807, 2.05) is 55.5 Å². The number of hydrogen-bond donors (Lipinski definition) is 3. The van der Waals surface area contributed by atoms with Crippen molar-refractivity contribution >= 4 is 17.6 Å². The molecule has 1 amide bonds. The topological polar surface area (TPSA) is 92.5 Å². The monoisotopic (exact) mass is 432 g/mol. The molecule has 0 aromatic heterocycles. The zero-order valence-corrected chi connectivity index (χ0v) is 19.1. The van der Waals surface area contributed by atoms with Crippen molar-refractivity contribution in [1.29, 1.82) is 5.26 Å². The minimum Gasteiger partial charge on any atom is -0.377 e. The summed E-state index contributed by atoms with van der Waals surface area (Å²) < 4.78 is 0. The van der Waals surface area contributed by atoms with E-state index < -0.39 is 0 Å². The maximum Gasteiger partial charge on any atom is 0.253 e. The molecule has 2 aromatic rings. The number of nitrogens with one attached hydrogen (secondary N) is 3. The van der Waals surface area contributed by atoms with E-state index in [-0.39, 0.29) is 17.4 Å². The second-order valence-electron chi connectivity index (χ2n) is 8.47. The molecule has 0 aliphatic heterocycles. The van der Waals surface area contributed by atoms with Crippen LogP contribution in [-0.4, -0.2) is 45.6 Å². The molecule has 1 aliphatic rings. The van der Waals surface area contributed by atoms with Crippen LogP contribution >= 0.6 is 0 Å². The van der Waals surface area contributed by atoms with Gasteiger partial charge in [-0.1, -0.05) is 42.5 Å². The van der Waals surface area contributed by atoms with E-state index in [4.69, 9.17) is 5.26 Å². The molecule has 3 N–H and O–H groups in total. The van der Waals surface area contributed by atoms with Gasteiger partial charge in [0.1, 0.15) is 0 Å². The van der Waals surface area contributed by atoms with E-state index >= 15 is 0 Å². The number of carbonyl (C=O) groups is 1. The second kappa shape index (κ2) is 10.7. The summed E-state index contributed by atoms with van der Waals surface area (Å²) in [7, 11) is 5.55. The van der Waals surface area contributed by atoms with Gasteiger partial charge in [0.05, 0.1) is 5.56 Å². The molecule has 2 aromatic carbocycles.